The predicted octanol–water partition coefficient (Wildman–Crippen LogP) is 3.30. The zero-order valence-electron chi connectivity index (χ0n) is 12.3. The van der Waals surface area contributed by atoms with E-state index in [1.54, 1.807) is 6.92 Å². The van der Waals surface area contributed by atoms with Gasteiger partial charge in [-0.05, 0) is 49.4 Å². The predicted molar refractivity (Wildman–Crippen MR) is 74.6 cm³/mol. The van der Waals surface area contributed by atoms with Crippen molar-refractivity contribution in [3.63, 3.8) is 0 Å². The van der Waals surface area contributed by atoms with Crippen LogP contribution in [0.1, 0.15) is 46.0 Å². The van der Waals surface area contributed by atoms with Gasteiger partial charge in [-0.1, -0.05) is 6.92 Å². The van der Waals surface area contributed by atoms with Crippen LogP contribution in [0.5, 0.6) is 0 Å². The molecular weight excluding hydrogens is 250 g/mol. The Morgan fingerprint density at radius 1 is 1.30 bits per heavy atom. The maximum atomic E-state index is 11.5. The molecule has 4 rings (SSSR count). The van der Waals surface area contributed by atoms with Gasteiger partial charge in [0.25, 0.3) is 0 Å². The van der Waals surface area contributed by atoms with Crippen LogP contribution in [0.2, 0.25) is 0 Å². The number of fused-ring (bicyclic) bond motifs is 9. The summed E-state index contributed by atoms with van der Waals surface area (Å²) in [6.45, 7) is 11.1. The second-order valence-corrected chi connectivity index (χ2v) is 7.56. The molecule has 108 valence electrons. The van der Waals surface area contributed by atoms with Gasteiger partial charge in [0.2, 0.25) is 6.04 Å². The van der Waals surface area contributed by atoms with Gasteiger partial charge in [0.15, 0.2) is 0 Å². The van der Waals surface area contributed by atoms with E-state index in [0.29, 0.717) is 23.8 Å². The highest BCUT2D eigenvalue weighted by Crippen LogP contribution is 2.71. The van der Waals surface area contributed by atoms with E-state index < -0.39 is 0 Å². The summed E-state index contributed by atoms with van der Waals surface area (Å²) in [5.41, 5.74) is -0.171. The van der Waals surface area contributed by atoms with Crippen LogP contribution in [-0.2, 0) is 9.53 Å². The summed E-state index contributed by atoms with van der Waals surface area (Å²) in [5, 5.41) is 0. The maximum absolute atomic E-state index is 11.5. The van der Waals surface area contributed by atoms with Crippen molar-refractivity contribution in [3.8, 4) is 0 Å². The molecule has 0 saturated heterocycles. The Kier molecular flexibility index (Phi) is 2.53. The molecule has 8 atom stereocenters. The normalized spacial score (nSPS) is 54.8. The van der Waals surface area contributed by atoms with Gasteiger partial charge in [0, 0.05) is 25.2 Å². The molecular formula is C17H23NO2. The molecule has 3 heteroatoms. The lowest BCUT2D eigenvalue weighted by molar-refractivity contribution is -0.169. The van der Waals surface area contributed by atoms with E-state index in [2.05, 4.69) is 11.8 Å². The molecule has 8 unspecified atom stereocenters. The lowest BCUT2D eigenvalue weighted by atomic mass is 9.64. The SMILES string of the molecule is [C-]#[N+]C1CC2CC1C1C3CC(C21)C(CC)(OC(C)=O)C3. The molecule has 4 bridgehead atoms. The van der Waals surface area contributed by atoms with Crippen LogP contribution in [-0.4, -0.2) is 17.6 Å². The summed E-state index contributed by atoms with van der Waals surface area (Å²) < 4.78 is 5.85. The lowest BCUT2D eigenvalue weighted by Crippen LogP contribution is -2.48. The molecule has 0 heterocycles. The minimum absolute atomic E-state index is 0.113. The van der Waals surface area contributed by atoms with Crippen LogP contribution in [0, 0.1) is 42.1 Å². The third kappa shape index (κ3) is 1.38. The molecule has 0 aromatic rings. The Morgan fingerprint density at radius 2 is 2.10 bits per heavy atom. The Balaban J connectivity index is 1.64. The van der Waals surface area contributed by atoms with Gasteiger partial charge >= 0.3 is 5.97 Å². The number of carbonyl (C=O) groups excluding carboxylic acids is 1. The molecule has 0 N–H and O–H groups in total. The van der Waals surface area contributed by atoms with Crippen molar-refractivity contribution in [1.82, 2.24) is 0 Å². The van der Waals surface area contributed by atoms with E-state index in [0.717, 1.165) is 37.0 Å². The first-order valence-electron chi connectivity index (χ1n) is 8.15. The van der Waals surface area contributed by atoms with Gasteiger partial charge in [-0.15, -0.1) is 0 Å². The summed E-state index contributed by atoms with van der Waals surface area (Å²) in [6, 6.07) is 0.297. The standard InChI is InChI=1S/C17H23NO2/c1-4-17(20-9(2)19)8-11-6-13(17)16-10-5-12(15(11)16)14(7-10)18-3/h10-16H,4-8H2,1-2H3. The highest BCUT2D eigenvalue weighted by molar-refractivity contribution is 5.66. The molecule has 20 heavy (non-hydrogen) atoms. The number of esters is 1. The second-order valence-electron chi connectivity index (χ2n) is 7.56. The fourth-order valence-corrected chi connectivity index (χ4v) is 6.73. The largest absolute Gasteiger partial charge is 0.459 e. The zero-order valence-corrected chi connectivity index (χ0v) is 12.3. The fraction of sp³-hybridized carbons (Fsp3) is 0.882. The van der Waals surface area contributed by atoms with Crippen LogP contribution >= 0.6 is 0 Å². The zero-order chi connectivity index (χ0) is 14.1. The summed E-state index contributed by atoms with van der Waals surface area (Å²) >= 11 is 0. The van der Waals surface area contributed by atoms with Crippen LogP contribution in [0.4, 0.5) is 0 Å². The van der Waals surface area contributed by atoms with E-state index in [-0.39, 0.29) is 11.6 Å². The molecule has 0 aromatic carbocycles. The molecule has 4 saturated carbocycles. The molecule has 0 spiro atoms. The first-order valence-corrected chi connectivity index (χ1v) is 8.15. The van der Waals surface area contributed by atoms with Gasteiger partial charge in [-0.2, -0.15) is 0 Å². The van der Waals surface area contributed by atoms with Crippen molar-refractivity contribution < 1.29 is 9.53 Å². The topological polar surface area (TPSA) is 30.7 Å². The Hall–Kier alpha value is -1.04. The monoisotopic (exact) mass is 273 g/mol. The number of ether oxygens (including phenoxy) is 1. The highest BCUT2D eigenvalue weighted by Gasteiger charge is 2.70. The smallest absolute Gasteiger partial charge is 0.303 e. The summed E-state index contributed by atoms with van der Waals surface area (Å²) in [6.07, 6.45) is 5.64. The van der Waals surface area contributed by atoms with Crippen molar-refractivity contribution in [3.05, 3.63) is 11.4 Å². The first-order chi connectivity index (χ1) is 9.59. The minimum atomic E-state index is -0.171. The van der Waals surface area contributed by atoms with Crippen molar-refractivity contribution in [2.75, 3.05) is 0 Å². The Bertz CT molecular complexity index is 496. The number of nitrogens with zero attached hydrogens (tertiary/aromatic N) is 1. The summed E-state index contributed by atoms with van der Waals surface area (Å²) in [7, 11) is 0. The summed E-state index contributed by atoms with van der Waals surface area (Å²) in [5.74, 6) is 4.09. The number of hydrogen-bond donors (Lipinski definition) is 0. The van der Waals surface area contributed by atoms with E-state index >= 15 is 0 Å². The average Bonchev–Trinajstić information content (AvgIpc) is 3.13. The van der Waals surface area contributed by atoms with E-state index in [1.807, 2.05) is 0 Å². The van der Waals surface area contributed by atoms with E-state index in [4.69, 9.17) is 11.3 Å². The van der Waals surface area contributed by atoms with Gasteiger partial charge < -0.3 is 9.58 Å². The van der Waals surface area contributed by atoms with Gasteiger partial charge in [0.05, 0.1) is 0 Å². The average molecular weight is 273 g/mol. The van der Waals surface area contributed by atoms with Crippen molar-refractivity contribution in [2.45, 2.75) is 57.6 Å². The van der Waals surface area contributed by atoms with Crippen LogP contribution in [0.25, 0.3) is 4.85 Å². The lowest BCUT2D eigenvalue weighted by Gasteiger charge is -2.45. The fourth-order valence-electron chi connectivity index (χ4n) is 6.73. The van der Waals surface area contributed by atoms with Crippen molar-refractivity contribution >= 4 is 5.97 Å². The Labute approximate surface area is 120 Å². The number of hydrogen-bond acceptors (Lipinski definition) is 2. The van der Waals surface area contributed by atoms with Crippen molar-refractivity contribution in [1.29, 1.82) is 0 Å². The molecule has 3 nitrogen and oxygen atoms in total. The minimum Gasteiger partial charge on any atom is -0.459 e. The Morgan fingerprint density at radius 3 is 2.75 bits per heavy atom. The number of rotatable bonds is 2. The van der Waals surface area contributed by atoms with Crippen molar-refractivity contribution in [2.24, 2.45) is 35.5 Å². The molecule has 4 fully saturated rings. The molecule has 0 aliphatic heterocycles. The number of carbonyl (C=O) groups is 1. The molecule has 4 aliphatic carbocycles. The third-order valence-electron chi connectivity index (χ3n) is 7.06. The summed E-state index contributed by atoms with van der Waals surface area (Å²) in [4.78, 5) is 15.4. The molecule has 0 amide bonds. The van der Waals surface area contributed by atoms with Crippen LogP contribution in [0.15, 0.2) is 0 Å². The van der Waals surface area contributed by atoms with Gasteiger partial charge in [0.1, 0.15) is 5.60 Å². The third-order valence-corrected chi connectivity index (χ3v) is 7.06. The molecule has 0 radical (unpaired) electrons. The van der Waals surface area contributed by atoms with Gasteiger partial charge in [-0.3, -0.25) is 4.79 Å². The first kappa shape index (κ1) is 12.7. The van der Waals surface area contributed by atoms with Gasteiger partial charge in [-0.25, -0.2) is 6.57 Å². The highest BCUT2D eigenvalue weighted by atomic mass is 16.6. The molecule has 0 aromatic heterocycles. The van der Waals surface area contributed by atoms with Crippen LogP contribution < -0.4 is 0 Å². The van der Waals surface area contributed by atoms with Crippen LogP contribution in [0.3, 0.4) is 0 Å². The quantitative estimate of drug-likeness (QED) is 0.439. The maximum Gasteiger partial charge on any atom is 0.303 e. The second kappa shape index (κ2) is 4.00. The van der Waals surface area contributed by atoms with E-state index in [9.17, 15) is 4.79 Å². The van der Waals surface area contributed by atoms with E-state index in [1.165, 1.54) is 12.8 Å². The molecule has 4 aliphatic rings.